The van der Waals surface area contributed by atoms with Gasteiger partial charge in [-0.1, -0.05) is 0 Å². The fraction of sp³-hybridized carbons (Fsp3) is 0.364. The third-order valence-corrected chi connectivity index (χ3v) is 2.41. The van der Waals surface area contributed by atoms with Gasteiger partial charge in [0.25, 0.3) is 0 Å². The van der Waals surface area contributed by atoms with E-state index in [9.17, 15) is 9.90 Å². The molecule has 1 aromatic rings. The zero-order valence-corrected chi connectivity index (χ0v) is 8.04. The molecule has 2 rings (SSSR count). The van der Waals surface area contributed by atoms with E-state index in [4.69, 9.17) is 4.74 Å². The Kier molecular flexibility index (Phi) is 2.15. The van der Waals surface area contributed by atoms with E-state index in [1.54, 1.807) is 12.1 Å². The van der Waals surface area contributed by atoms with E-state index in [0.29, 0.717) is 12.2 Å². The molecular weight excluding hydrogens is 180 g/mol. The Labute approximate surface area is 82.3 Å². The number of phenols is 1. The lowest BCUT2D eigenvalue weighted by Crippen LogP contribution is -2.09. The Morgan fingerprint density at radius 2 is 2.29 bits per heavy atom. The van der Waals surface area contributed by atoms with Crippen LogP contribution in [0, 0.1) is 0 Å². The van der Waals surface area contributed by atoms with Gasteiger partial charge in [0.05, 0.1) is 12.2 Å². The standard InChI is InChI=1S/C11H12O3/c1-7(12)9-6-11-8(5-10(9)13)3-2-4-14-11/h5-6,13H,2-4H2,1H3. The first kappa shape index (κ1) is 9.06. The van der Waals surface area contributed by atoms with Crippen LogP contribution in [0.15, 0.2) is 12.1 Å². The highest BCUT2D eigenvalue weighted by atomic mass is 16.5. The number of ether oxygens (including phenoxy) is 1. The van der Waals surface area contributed by atoms with Crippen molar-refractivity contribution in [2.24, 2.45) is 0 Å². The normalized spacial score (nSPS) is 14.4. The summed E-state index contributed by atoms with van der Waals surface area (Å²) in [4.78, 5) is 11.1. The van der Waals surface area contributed by atoms with Gasteiger partial charge < -0.3 is 9.84 Å². The van der Waals surface area contributed by atoms with Gasteiger partial charge in [-0.2, -0.15) is 0 Å². The molecule has 1 aromatic carbocycles. The van der Waals surface area contributed by atoms with E-state index in [2.05, 4.69) is 0 Å². The first-order valence-electron chi connectivity index (χ1n) is 4.68. The summed E-state index contributed by atoms with van der Waals surface area (Å²) in [6.07, 6.45) is 1.87. The van der Waals surface area contributed by atoms with Crippen molar-refractivity contribution in [1.29, 1.82) is 0 Å². The molecule has 0 aliphatic carbocycles. The van der Waals surface area contributed by atoms with E-state index in [1.165, 1.54) is 6.92 Å². The Balaban J connectivity index is 2.50. The molecule has 1 N–H and O–H groups in total. The fourth-order valence-corrected chi connectivity index (χ4v) is 1.67. The minimum atomic E-state index is -0.139. The third kappa shape index (κ3) is 1.45. The number of carbonyl (C=O) groups is 1. The molecular formula is C11H12O3. The van der Waals surface area contributed by atoms with Crippen molar-refractivity contribution in [2.45, 2.75) is 19.8 Å². The minimum Gasteiger partial charge on any atom is -0.507 e. The molecule has 1 aliphatic heterocycles. The summed E-state index contributed by atoms with van der Waals surface area (Å²) in [6.45, 7) is 2.12. The number of hydrogen-bond donors (Lipinski definition) is 1. The molecule has 0 fully saturated rings. The fourth-order valence-electron chi connectivity index (χ4n) is 1.67. The maximum atomic E-state index is 11.1. The number of rotatable bonds is 1. The summed E-state index contributed by atoms with van der Waals surface area (Å²) in [5, 5.41) is 9.56. The number of aryl methyl sites for hydroxylation is 1. The van der Waals surface area contributed by atoms with Gasteiger partial charge >= 0.3 is 0 Å². The summed E-state index contributed by atoms with van der Waals surface area (Å²) in [6, 6.07) is 3.26. The van der Waals surface area contributed by atoms with Crippen LogP contribution in [-0.4, -0.2) is 17.5 Å². The van der Waals surface area contributed by atoms with Crippen LogP contribution in [0.25, 0.3) is 0 Å². The smallest absolute Gasteiger partial charge is 0.163 e. The Morgan fingerprint density at radius 1 is 1.50 bits per heavy atom. The van der Waals surface area contributed by atoms with Crippen LogP contribution < -0.4 is 4.74 Å². The van der Waals surface area contributed by atoms with Crippen molar-refractivity contribution in [2.75, 3.05) is 6.61 Å². The highest BCUT2D eigenvalue weighted by molar-refractivity contribution is 5.97. The zero-order valence-electron chi connectivity index (χ0n) is 8.04. The summed E-state index contributed by atoms with van der Waals surface area (Å²) >= 11 is 0. The van der Waals surface area contributed by atoms with Crippen molar-refractivity contribution < 1.29 is 14.6 Å². The van der Waals surface area contributed by atoms with Gasteiger partial charge in [-0.3, -0.25) is 4.79 Å². The van der Waals surface area contributed by atoms with Crippen LogP contribution in [0.4, 0.5) is 0 Å². The molecule has 0 spiro atoms. The highest BCUT2D eigenvalue weighted by Crippen LogP contribution is 2.31. The number of carbonyl (C=O) groups excluding carboxylic acids is 1. The molecule has 0 saturated heterocycles. The molecule has 0 unspecified atom stereocenters. The monoisotopic (exact) mass is 192 g/mol. The Hall–Kier alpha value is -1.51. The lowest BCUT2D eigenvalue weighted by molar-refractivity contribution is 0.101. The molecule has 3 heteroatoms. The number of hydrogen-bond acceptors (Lipinski definition) is 3. The maximum Gasteiger partial charge on any atom is 0.163 e. The molecule has 0 radical (unpaired) electrons. The first-order chi connectivity index (χ1) is 6.68. The molecule has 1 aliphatic rings. The molecule has 1 heterocycles. The molecule has 0 amide bonds. The lowest BCUT2D eigenvalue weighted by Gasteiger charge is -2.18. The predicted molar refractivity (Wildman–Crippen MR) is 51.9 cm³/mol. The maximum absolute atomic E-state index is 11.1. The first-order valence-corrected chi connectivity index (χ1v) is 4.68. The second-order valence-corrected chi connectivity index (χ2v) is 3.49. The van der Waals surface area contributed by atoms with Crippen molar-refractivity contribution in [3.63, 3.8) is 0 Å². The van der Waals surface area contributed by atoms with Gasteiger partial charge in [0.2, 0.25) is 0 Å². The Morgan fingerprint density at radius 3 is 3.00 bits per heavy atom. The molecule has 74 valence electrons. The van der Waals surface area contributed by atoms with Crippen LogP contribution in [0.5, 0.6) is 11.5 Å². The quantitative estimate of drug-likeness (QED) is 0.691. The average molecular weight is 192 g/mol. The average Bonchev–Trinajstić information content (AvgIpc) is 2.16. The number of ketones is 1. The summed E-state index contributed by atoms with van der Waals surface area (Å²) in [7, 11) is 0. The lowest BCUT2D eigenvalue weighted by atomic mass is 10.0. The molecule has 0 aromatic heterocycles. The molecule has 3 nitrogen and oxygen atoms in total. The van der Waals surface area contributed by atoms with E-state index in [0.717, 1.165) is 24.2 Å². The van der Waals surface area contributed by atoms with Crippen molar-refractivity contribution >= 4 is 5.78 Å². The second kappa shape index (κ2) is 3.33. The predicted octanol–water partition coefficient (Wildman–Crippen LogP) is 1.92. The van der Waals surface area contributed by atoms with Crippen LogP contribution in [0.1, 0.15) is 29.3 Å². The van der Waals surface area contributed by atoms with E-state index < -0.39 is 0 Å². The van der Waals surface area contributed by atoms with Gasteiger partial charge in [-0.25, -0.2) is 0 Å². The highest BCUT2D eigenvalue weighted by Gasteiger charge is 2.15. The van der Waals surface area contributed by atoms with Crippen molar-refractivity contribution in [3.05, 3.63) is 23.3 Å². The summed E-state index contributed by atoms with van der Waals surface area (Å²) < 4.78 is 5.41. The van der Waals surface area contributed by atoms with Gasteiger partial charge in [0, 0.05) is 0 Å². The molecule has 0 saturated carbocycles. The van der Waals surface area contributed by atoms with Crippen LogP contribution in [-0.2, 0) is 6.42 Å². The van der Waals surface area contributed by atoms with Crippen molar-refractivity contribution in [1.82, 2.24) is 0 Å². The van der Waals surface area contributed by atoms with Crippen LogP contribution >= 0.6 is 0 Å². The SMILES string of the molecule is CC(=O)c1cc2c(cc1O)CCCO2. The third-order valence-electron chi connectivity index (χ3n) is 2.41. The number of fused-ring (bicyclic) bond motifs is 1. The number of Topliss-reactive ketones (excluding diaryl/α,β-unsaturated/α-hetero) is 1. The number of aromatic hydroxyl groups is 1. The van der Waals surface area contributed by atoms with Gasteiger partial charge in [0.15, 0.2) is 5.78 Å². The molecule has 0 atom stereocenters. The van der Waals surface area contributed by atoms with Crippen LogP contribution in [0.2, 0.25) is 0 Å². The number of phenolic OH excluding ortho intramolecular Hbond substituents is 1. The van der Waals surface area contributed by atoms with E-state index in [1.807, 2.05) is 0 Å². The van der Waals surface area contributed by atoms with E-state index in [-0.39, 0.29) is 11.5 Å². The summed E-state index contributed by atoms with van der Waals surface area (Å²) in [5.41, 5.74) is 1.32. The van der Waals surface area contributed by atoms with Gasteiger partial charge in [-0.15, -0.1) is 0 Å². The zero-order chi connectivity index (χ0) is 10.1. The summed E-state index contributed by atoms with van der Waals surface area (Å²) in [5.74, 6) is 0.653. The van der Waals surface area contributed by atoms with E-state index >= 15 is 0 Å². The Bertz CT molecular complexity index is 382. The topological polar surface area (TPSA) is 46.5 Å². The molecule has 0 bridgehead atoms. The van der Waals surface area contributed by atoms with Gasteiger partial charge in [0.1, 0.15) is 11.5 Å². The van der Waals surface area contributed by atoms with Crippen molar-refractivity contribution in [3.8, 4) is 11.5 Å². The number of benzene rings is 1. The largest absolute Gasteiger partial charge is 0.507 e. The van der Waals surface area contributed by atoms with Crippen LogP contribution in [0.3, 0.4) is 0 Å². The minimum absolute atomic E-state index is 0.0572. The van der Waals surface area contributed by atoms with Gasteiger partial charge in [-0.05, 0) is 37.5 Å². The molecule has 14 heavy (non-hydrogen) atoms. The second-order valence-electron chi connectivity index (χ2n) is 3.49.